The van der Waals surface area contributed by atoms with Crippen molar-refractivity contribution in [3.05, 3.63) is 63.9 Å². The minimum Gasteiger partial charge on any atom is -0.321 e. The summed E-state index contributed by atoms with van der Waals surface area (Å²) in [5.41, 5.74) is -0.750. The SMILES string of the molecule is O=C(Nc1cc(C(F)(F)F)ccc1Br)c1ccc(F)cc1. The molecule has 0 unspecified atom stereocenters. The third-order valence-corrected chi connectivity index (χ3v) is 3.34. The van der Waals surface area contributed by atoms with Crippen LogP contribution in [0.3, 0.4) is 0 Å². The number of anilines is 1. The number of alkyl halides is 3. The standard InChI is InChI=1S/C14H8BrF4NO/c15-11-6-3-9(14(17,18)19)7-12(11)20-13(21)8-1-4-10(16)5-2-8/h1-7H,(H,20,21). The Bertz CT molecular complexity index is 668. The highest BCUT2D eigenvalue weighted by molar-refractivity contribution is 9.10. The zero-order chi connectivity index (χ0) is 15.6. The van der Waals surface area contributed by atoms with E-state index in [0.29, 0.717) is 4.47 Å². The van der Waals surface area contributed by atoms with Crippen molar-refractivity contribution in [2.45, 2.75) is 6.18 Å². The minimum absolute atomic E-state index is 0.0147. The van der Waals surface area contributed by atoms with Gasteiger partial charge in [0.2, 0.25) is 0 Å². The summed E-state index contributed by atoms with van der Waals surface area (Å²) in [6.07, 6.45) is -4.50. The lowest BCUT2D eigenvalue weighted by atomic mass is 10.1. The summed E-state index contributed by atoms with van der Waals surface area (Å²) in [6.45, 7) is 0. The van der Waals surface area contributed by atoms with Crippen LogP contribution >= 0.6 is 15.9 Å². The molecule has 21 heavy (non-hydrogen) atoms. The molecule has 0 fully saturated rings. The van der Waals surface area contributed by atoms with E-state index in [2.05, 4.69) is 21.2 Å². The first-order valence-electron chi connectivity index (χ1n) is 5.71. The zero-order valence-electron chi connectivity index (χ0n) is 10.3. The van der Waals surface area contributed by atoms with E-state index in [0.717, 1.165) is 24.3 Å². The maximum Gasteiger partial charge on any atom is 0.416 e. The Labute approximate surface area is 125 Å². The summed E-state index contributed by atoms with van der Waals surface area (Å²) in [5.74, 6) is -1.14. The Kier molecular flexibility index (Phi) is 4.32. The third kappa shape index (κ3) is 3.81. The maximum atomic E-state index is 12.8. The highest BCUT2D eigenvalue weighted by Crippen LogP contribution is 2.34. The molecule has 0 saturated heterocycles. The van der Waals surface area contributed by atoms with Gasteiger partial charge in [0, 0.05) is 10.0 Å². The molecule has 0 aliphatic carbocycles. The van der Waals surface area contributed by atoms with Gasteiger partial charge in [0.25, 0.3) is 5.91 Å². The van der Waals surface area contributed by atoms with Crippen LogP contribution in [0, 0.1) is 5.82 Å². The first kappa shape index (κ1) is 15.5. The number of carbonyl (C=O) groups is 1. The van der Waals surface area contributed by atoms with Gasteiger partial charge in [-0.2, -0.15) is 13.2 Å². The number of amides is 1. The van der Waals surface area contributed by atoms with Gasteiger partial charge in [-0.1, -0.05) is 0 Å². The first-order valence-corrected chi connectivity index (χ1v) is 6.50. The van der Waals surface area contributed by atoms with Gasteiger partial charge in [-0.05, 0) is 58.4 Å². The van der Waals surface area contributed by atoms with E-state index < -0.39 is 23.5 Å². The lowest BCUT2D eigenvalue weighted by molar-refractivity contribution is -0.137. The molecule has 7 heteroatoms. The highest BCUT2D eigenvalue weighted by atomic mass is 79.9. The van der Waals surface area contributed by atoms with Gasteiger partial charge in [-0.15, -0.1) is 0 Å². The second-order valence-corrected chi connectivity index (χ2v) is 5.01. The molecule has 2 nitrogen and oxygen atoms in total. The lowest BCUT2D eigenvalue weighted by Crippen LogP contribution is -2.13. The number of hydrogen-bond acceptors (Lipinski definition) is 1. The van der Waals surface area contributed by atoms with E-state index in [4.69, 9.17) is 0 Å². The average molecular weight is 362 g/mol. The molecule has 0 aliphatic rings. The van der Waals surface area contributed by atoms with Crippen LogP contribution in [0.15, 0.2) is 46.9 Å². The van der Waals surface area contributed by atoms with Gasteiger partial charge in [0.05, 0.1) is 11.3 Å². The summed E-state index contributed by atoms with van der Waals surface area (Å²) >= 11 is 3.07. The molecule has 0 atom stereocenters. The monoisotopic (exact) mass is 361 g/mol. The van der Waals surface area contributed by atoms with Crippen LogP contribution in [0.2, 0.25) is 0 Å². The second kappa shape index (κ2) is 5.85. The first-order chi connectivity index (χ1) is 9.77. The van der Waals surface area contributed by atoms with Crippen molar-refractivity contribution >= 4 is 27.5 Å². The fraction of sp³-hybridized carbons (Fsp3) is 0.0714. The van der Waals surface area contributed by atoms with Crippen molar-refractivity contribution in [3.8, 4) is 0 Å². The Hall–Kier alpha value is -1.89. The van der Waals surface area contributed by atoms with E-state index in [1.165, 1.54) is 18.2 Å². The smallest absolute Gasteiger partial charge is 0.321 e. The number of rotatable bonds is 2. The number of carbonyl (C=O) groups excluding carboxylic acids is 1. The van der Waals surface area contributed by atoms with Gasteiger partial charge in [-0.3, -0.25) is 4.79 Å². The van der Waals surface area contributed by atoms with E-state index in [1.54, 1.807) is 0 Å². The van der Waals surface area contributed by atoms with Gasteiger partial charge in [0.1, 0.15) is 5.82 Å². The molecular weight excluding hydrogens is 354 g/mol. The molecule has 2 aromatic rings. The normalized spacial score (nSPS) is 11.3. The lowest BCUT2D eigenvalue weighted by Gasteiger charge is -2.11. The molecule has 1 N–H and O–H groups in total. The molecule has 0 aromatic heterocycles. The number of nitrogens with one attached hydrogen (secondary N) is 1. The number of halogens is 5. The second-order valence-electron chi connectivity index (χ2n) is 4.15. The molecule has 0 bridgehead atoms. The molecule has 0 radical (unpaired) electrons. The summed E-state index contributed by atoms with van der Waals surface area (Å²) < 4.78 is 51.0. The Balaban J connectivity index is 2.26. The van der Waals surface area contributed by atoms with Crippen molar-refractivity contribution < 1.29 is 22.4 Å². The van der Waals surface area contributed by atoms with Gasteiger partial charge < -0.3 is 5.32 Å². The quantitative estimate of drug-likeness (QED) is 0.760. The predicted molar refractivity (Wildman–Crippen MR) is 73.5 cm³/mol. The summed E-state index contributed by atoms with van der Waals surface area (Å²) in [4.78, 5) is 11.9. The molecule has 0 heterocycles. The fourth-order valence-electron chi connectivity index (χ4n) is 1.59. The van der Waals surface area contributed by atoms with Crippen molar-refractivity contribution in [2.75, 3.05) is 5.32 Å². The minimum atomic E-state index is -4.50. The van der Waals surface area contributed by atoms with Crippen LogP contribution in [0.25, 0.3) is 0 Å². The van der Waals surface area contributed by atoms with Crippen LogP contribution in [0.1, 0.15) is 15.9 Å². The van der Waals surface area contributed by atoms with Crippen LogP contribution in [-0.4, -0.2) is 5.91 Å². The van der Waals surface area contributed by atoms with Crippen LogP contribution in [-0.2, 0) is 6.18 Å². The average Bonchev–Trinajstić information content (AvgIpc) is 2.40. The summed E-state index contributed by atoms with van der Waals surface area (Å²) in [5, 5.41) is 2.35. The fourth-order valence-corrected chi connectivity index (χ4v) is 1.94. The molecule has 2 rings (SSSR count). The molecule has 110 valence electrons. The third-order valence-electron chi connectivity index (χ3n) is 2.65. The van der Waals surface area contributed by atoms with E-state index >= 15 is 0 Å². The largest absolute Gasteiger partial charge is 0.416 e. The van der Waals surface area contributed by atoms with Crippen LogP contribution in [0.4, 0.5) is 23.2 Å². The van der Waals surface area contributed by atoms with Crippen LogP contribution < -0.4 is 5.32 Å². The number of benzene rings is 2. The van der Waals surface area contributed by atoms with Crippen molar-refractivity contribution in [2.24, 2.45) is 0 Å². The Morgan fingerprint density at radius 1 is 1.05 bits per heavy atom. The van der Waals surface area contributed by atoms with Gasteiger partial charge in [-0.25, -0.2) is 4.39 Å². The molecule has 1 amide bonds. The molecular formula is C14H8BrF4NO. The molecule has 0 saturated carbocycles. The molecule has 2 aromatic carbocycles. The van der Waals surface area contributed by atoms with Crippen molar-refractivity contribution in [1.82, 2.24) is 0 Å². The number of hydrogen-bond donors (Lipinski definition) is 1. The maximum absolute atomic E-state index is 12.8. The van der Waals surface area contributed by atoms with Crippen molar-refractivity contribution in [3.63, 3.8) is 0 Å². The predicted octanol–water partition coefficient (Wildman–Crippen LogP) is 4.86. The van der Waals surface area contributed by atoms with E-state index in [9.17, 15) is 22.4 Å². The van der Waals surface area contributed by atoms with E-state index in [1.807, 2.05) is 0 Å². The van der Waals surface area contributed by atoms with Gasteiger partial charge in [0.15, 0.2) is 0 Å². The Morgan fingerprint density at radius 2 is 1.67 bits per heavy atom. The van der Waals surface area contributed by atoms with Gasteiger partial charge >= 0.3 is 6.18 Å². The zero-order valence-corrected chi connectivity index (χ0v) is 11.9. The van der Waals surface area contributed by atoms with Crippen LogP contribution in [0.5, 0.6) is 0 Å². The van der Waals surface area contributed by atoms with Crippen molar-refractivity contribution in [1.29, 1.82) is 0 Å². The topological polar surface area (TPSA) is 29.1 Å². The molecule has 0 aliphatic heterocycles. The molecule has 0 spiro atoms. The summed E-state index contributed by atoms with van der Waals surface area (Å²) in [7, 11) is 0. The van der Waals surface area contributed by atoms with E-state index in [-0.39, 0.29) is 11.3 Å². The summed E-state index contributed by atoms with van der Waals surface area (Å²) in [6, 6.07) is 7.59. The Morgan fingerprint density at radius 3 is 2.24 bits per heavy atom. The highest BCUT2D eigenvalue weighted by Gasteiger charge is 2.31.